The van der Waals surface area contributed by atoms with E-state index in [-0.39, 0.29) is 5.56 Å². The summed E-state index contributed by atoms with van der Waals surface area (Å²) in [7, 11) is 0. The van der Waals surface area contributed by atoms with Gasteiger partial charge in [0.25, 0.3) is 0 Å². The van der Waals surface area contributed by atoms with Crippen molar-refractivity contribution in [1.82, 2.24) is 4.98 Å². The summed E-state index contributed by atoms with van der Waals surface area (Å²) in [6.45, 7) is 1.70. The standard InChI is InChI=1S/C17H11Cl2NO2/c1-9-15(17(21)22)12-4-2-3-5-14(12)20-16(9)11-7-6-10(18)8-13(11)19/h2-8H,1H3,(H,21,22)/p-1. The monoisotopic (exact) mass is 330 g/mol. The lowest BCUT2D eigenvalue weighted by Gasteiger charge is -2.16. The summed E-state index contributed by atoms with van der Waals surface area (Å²) in [6, 6.07) is 12.1. The fourth-order valence-electron chi connectivity index (χ4n) is 2.51. The Morgan fingerprint density at radius 1 is 1.14 bits per heavy atom. The first-order valence-corrected chi connectivity index (χ1v) is 7.30. The Hall–Kier alpha value is -2.10. The maximum atomic E-state index is 11.6. The van der Waals surface area contributed by atoms with Gasteiger partial charge in [-0.1, -0.05) is 41.4 Å². The highest BCUT2D eigenvalue weighted by atomic mass is 35.5. The number of fused-ring (bicyclic) bond motifs is 1. The van der Waals surface area contributed by atoms with E-state index in [4.69, 9.17) is 23.2 Å². The zero-order chi connectivity index (χ0) is 15.9. The molecular formula is C17H10Cl2NO2-. The summed E-state index contributed by atoms with van der Waals surface area (Å²) in [5.74, 6) is -1.23. The zero-order valence-electron chi connectivity index (χ0n) is 11.6. The zero-order valence-corrected chi connectivity index (χ0v) is 13.1. The first-order chi connectivity index (χ1) is 10.5. The summed E-state index contributed by atoms with van der Waals surface area (Å²) in [5.41, 5.74) is 2.37. The molecule has 0 spiro atoms. The van der Waals surface area contributed by atoms with Crippen molar-refractivity contribution >= 4 is 40.1 Å². The van der Waals surface area contributed by atoms with Crippen molar-refractivity contribution in [2.75, 3.05) is 0 Å². The number of hydrogen-bond donors (Lipinski definition) is 0. The Bertz CT molecular complexity index is 907. The first-order valence-electron chi connectivity index (χ1n) is 6.55. The molecule has 5 heteroatoms. The van der Waals surface area contributed by atoms with Crippen molar-refractivity contribution in [3.63, 3.8) is 0 Å². The molecule has 0 unspecified atom stereocenters. The number of carboxylic acids is 1. The van der Waals surface area contributed by atoms with Gasteiger partial charge in [0.2, 0.25) is 0 Å². The normalized spacial score (nSPS) is 10.9. The molecule has 3 nitrogen and oxygen atoms in total. The average molecular weight is 331 g/mol. The quantitative estimate of drug-likeness (QED) is 0.716. The van der Waals surface area contributed by atoms with Crippen molar-refractivity contribution < 1.29 is 9.90 Å². The minimum Gasteiger partial charge on any atom is -0.545 e. The number of halogens is 2. The second-order valence-electron chi connectivity index (χ2n) is 4.89. The lowest BCUT2D eigenvalue weighted by atomic mass is 9.98. The summed E-state index contributed by atoms with van der Waals surface area (Å²) in [5, 5.41) is 13.0. The van der Waals surface area contributed by atoms with Gasteiger partial charge in [-0.3, -0.25) is 0 Å². The van der Waals surface area contributed by atoms with Crippen molar-refractivity contribution in [3.8, 4) is 11.3 Å². The maximum absolute atomic E-state index is 11.6. The average Bonchev–Trinajstić information content (AvgIpc) is 2.46. The largest absolute Gasteiger partial charge is 0.545 e. The van der Waals surface area contributed by atoms with Gasteiger partial charge in [-0.25, -0.2) is 4.98 Å². The fourth-order valence-corrected chi connectivity index (χ4v) is 3.01. The molecular weight excluding hydrogens is 321 g/mol. The lowest BCUT2D eigenvalue weighted by Crippen LogP contribution is -2.24. The summed E-state index contributed by atoms with van der Waals surface area (Å²) >= 11 is 12.1. The highest BCUT2D eigenvalue weighted by Crippen LogP contribution is 2.34. The number of hydrogen-bond acceptors (Lipinski definition) is 3. The molecule has 0 N–H and O–H groups in total. The van der Waals surface area contributed by atoms with Gasteiger partial charge in [0.15, 0.2) is 0 Å². The van der Waals surface area contributed by atoms with E-state index in [2.05, 4.69) is 4.98 Å². The molecule has 22 heavy (non-hydrogen) atoms. The van der Waals surface area contributed by atoms with Gasteiger partial charge >= 0.3 is 0 Å². The molecule has 0 aliphatic rings. The number of carboxylic acid groups (broad SMARTS) is 1. The number of nitrogens with zero attached hydrogens (tertiary/aromatic N) is 1. The van der Waals surface area contributed by atoms with Gasteiger partial charge in [0, 0.05) is 21.5 Å². The molecule has 1 aromatic heterocycles. The van der Waals surface area contributed by atoms with Crippen LogP contribution in [0.4, 0.5) is 0 Å². The predicted octanol–water partition coefficient (Wildman–Crippen LogP) is 3.88. The van der Waals surface area contributed by atoms with Gasteiger partial charge in [-0.15, -0.1) is 0 Å². The van der Waals surface area contributed by atoms with Crippen LogP contribution >= 0.6 is 23.2 Å². The van der Waals surface area contributed by atoms with Crippen LogP contribution in [0.25, 0.3) is 22.2 Å². The summed E-state index contributed by atoms with van der Waals surface area (Å²) in [6.07, 6.45) is 0. The number of aromatic carboxylic acids is 1. The van der Waals surface area contributed by atoms with Crippen LogP contribution in [-0.2, 0) is 0 Å². The first kappa shape index (κ1) is 14.8. The molecule has 2 aromatic carbocycles. The van der Waals surface area contributed by atoms with Crippen molar-refractivity contribution in [1.29, 1.82) is 0 Å². The molecule has 0 aliphatic heterocycles. The van der Waals surface area contributed by atoms with Crippen LogP contribution in [0.2, 0.25) is 10.0 Å². The highest BCUT2D eigenvalue weighted by molar-refractivity contribution is 6.36. The van der Waals surface area contributed by atoms with E-state index in [0.717, 1.165) is 0 Å². The van der Waals surface area contributed by atoms with E-state index in [9.17, 15) is 9.90 Å². The van der Waals surface area contributed by atoms with Crippen LogP contribution in [0, 0.1) is 6.92 Å². The molecule has 3 rings (SSSR count). The number of benzene rings is 2. The Labute approximate surface area is 137 Å². The van der Waals surface area contributed by atoms with Gasteiger partial charge in [-0.05, 0) is 36.8 Å². The van der Waals surface area contributed by atoms with Crippen molar-refractivity contribution in [2.24, 2.45) is 0 Å². The number of carbonyl (C=O) groups excluding carboxylic acids is 1. The third-order valence-electron chi connectivity index (χ3n) is 3.53. The summed E-state index contributed by atoms with van der Waals surface area (Å²) < 4.78 is 0. The molecule has 110 valence electrons. The Kier molecular flexibility index (Phi) is 3.77. The highest BCUT2D eigenvalue weighted by Gasteiger charge is 2.15. The van der Waals surface area contributed by atoms with E-state index in [1.54, 1.807) is 49.4 Å². The van der Waals surface area contributed by atoms with Crippen LogP contribution in [0.15, 0.2) is 42.5 Å². The third kappa shape index (κ3) is 2.43. The van der Waals surface area contributed by atoms with Gasteiger partial charge in [-0.2, -0.15) is 0 Å². The molecule has 0 fully saturated rings. The molecule has 0 aliphatic carbocycles. The van der Waals surface area contributed by atoms with Crippen molar-refractivity contribution in [2.45, 2.75) is 6.92 Å². The number of aromatic nitrogens is 1. The molecule has 3 aromatic rings. The molecule has 0 saturated heterocycles. The van der Waals surface area contributed by atoms with Gasteiger partial charge < -0.3 is 9.90 Å². The van der Waals surface area contributed by atoms with Crippen LogP contribution in [0.5, 0.6) is 0 Å². The molecule has 1 heterocycles. The van der Waals surface area contributed by atoms with E-state index in [0.29, 0.717) is 37.8 Å². The van der Waals surface area contributed by atoms with E-state index in [1.165, 1.54) is 0 Å². The number of pyridine rings is 1. The second-order valence-corrected chi connectivity index (χ2v) is 5.73. The van der Waals surface area contributed by atoms with Gasteiger partial charge in [0.05, 0.1) is 22.2 Å². The SMILES string of the molecule is Cc1c(-c2ccc(Cl)cc2Cl)nc2ccccc2c1C(=O)[O-]. The Morgan fingerprint density at radius 3 is 2.55 bits per heavy atom. The maximum Gasteiger partial charge on any atom is 0.0760 e. The van der Waals surface area contributed by atoms with Crippen LogP contribution < -0.4 is 5.11 Å². The van der Waals surface area contributed by atoms with Crippen LogP contribution in [0.3, 0.4) is 0 Å². The van der Waals surface area contributed by atoms with Crippen molar-refractivity contribution in [3.05, 3.63) is 63.6 Å². The third-order valence-corrected chi connectivity index (χ3v) is 4.07. The molecule has 0 atom stereocenters. The molecule has 0 radical (unpaired) electrons. The molecule has 0 saturated carbocycles. The topological polar surface area (TPSA) is 53.0 Å². The van der Waals surface area contributed by atoms with E-state index < -0.39 is 5.97 Å². The smallest absolute Gasteiger partial charge is 0.0760 e. The Balaban J connectivity index is 2.40. The van der Waals surface area contributed by atoms with Gasteiger partial charge in [0.1, 0.15) is 0 Å². The van der Waals surface area contributed by atoms with E-state index >= 15 is 0 Å². The number of para-hydroxylation sites is 1. The summed E-state index contributed by atoms with van der Waals surface area (Å²) in [4.78, 5) is 16.1. The van der Waals surface area contributed by atoms with E-state index in [1.807, 2.05) is 0 Å². The van der Waals surface area contributed by atoms with Crippen LogP contribution in [0.1, 0.15) is 15.9 Å². The lowest BCUT2D eigenvalue weighted by molar-refractivity contribution is -0.254. The second kappa shape index (κ2) is 5.59. The minimum atomic E-state index is -1.23. The molecule has 0 bridgehead atoms. The minimum absolute atomic E-state index is 0.131. The molecule has 0 amide bonds. The number of rotatable bonds is 2. The predicted molar refractivity (Wildman–Crippen MR) is 86.3 cm³/mol. The number of carbonyl (C=O) groups is 1. The fraction of sp³-hybridized carbons (Fsp3) is 0.0588. The van der Waals surface area contributed by atoms with Crippen LogP contribution in [-0.4, -0.2) is 11.0 Å². The Morgan fingerprint density at radius 2 is 1.86 bits per heavy atom.